The van der Waals surface area contributed by atoms with Gasteiger partial charge in [-0.2, -0.15) is 0 Å². The molecular formula is C22H21N5O4. The van der Waals surface area contributed by atoms with E-state index in [1.807, 2.05) is 42.5 Å². The molecule has 0 atom stereocenters. The number of hydrogen-bond acceptors (Lipinski definition) is 6. The summed E-state index contributed by atoms with van der Waals surface area (Å²) in [7, 11) is 0. The maximum absolute atomic E-state index is 11.5. The van der Waals surface area contributed by atoms with Gasteiger partial charge in [-0.25, -0.2) is 9.78 Å². The van der Waals surface area contributed by atoms with Crippen molar-refractivity contribution >= 4 is 34.8 Å². The van der Waals surface area contributed by atoms with Gasteiger partial charge in [-0.05, 0) is 55.2 Å². The van der Waals surface area contributed by atoms with E-state index in [-0.39, 0.29) is 11.5 Å². The molecule has 1 heterocycles. The highest BCUT2D eigenvalue weighted by Gasteiger charge is 2.40. The first kappa shape index (κ1) is 20.1. The molecule has 0 saturated heterocycles. The number of nitrogens with zero attached hydrogens (tertiary/aromatic N) is 2. The Morgan fingerprint density at radius 3 is 2.23 bits per heavy atom. The van der Waals surface area contributed by atoms with E-state index < -0.39 is 16.6 Å². The summed E-state index contributed by atoms with van der Waals surface area (Å²) in [6, 6.07) is 19.5. The number of hydrogen-bond donors (Lipinski definition) is 4. The van der Waals surface area contributed by atoms with Gasteiger partial charge in [0, 0.05) is 17.4 Å². The van der Waals surface area contributed by atoms with Gasteiger partial charge in [0.1, 0.15) is 5.82 Å². The summed E-state index contributed by atoms with van der Waals surface area (Å²) in [5.41, 5.74) is 1.59. The molecule has 1 aliphatic carbocycles. The number of amides is 1. The highest BCUT2D eigenvalue weighted by atomic mass is 16.6. The lowest BCUT2D eigenvalue weighted by Gasteiger charge is -2.42. The van der Waals surface area contributed by atoms with Crippen LogP contribution in [0.5, 0.6) is 0 Å². The zero-order valence-corrected chi connectivity index (χ0v) is 16.5. The van der Waals surface area contributed by atoms with Crippen LogP contribution in [-0.2, 0) is 5.54 Å². The topological polar surface area (TPSA) is 129 Å². The summed E-state index contributed by atoms with van der Waals surface area (Å²) in [5, 5.41) is 29.3. The third-order valence-electron chi connectivity index (χ3n) is 5.37. The second kappa shape index (κ2) is 8.31. The van der Waals surface area contributed by atoms with Crippen molar-refractivity contribution in [3.8, 4) is 0 Å². The van der Waals surface area contributed by atoms with Crippen LogP contribution in [0, 0.1) is 10.1 Å². The fourth-order valence-corrected chi connectivity index (χ4v) is 3.66. The molecule has 1 saturated carbocycles. The second-order valence-electron chi connectivity index (χ2n) is 7.38. The van der Waals surface area contributed by atoms with Crippen molar-refractivity contribution in [1.82, 2.24) is 10.3 Å². The van der Waals surface area contributed by atoms with E-state index >= 15 is 0 Å². The van der Waals surface area contributed by atoms with Crippen LogP contribution in [0.25, 0.3) is 0 Å². The van der Waals surface area contributed by atoms with E-state index in [1.54, 1.807) is 18.2 Å². The molecule has 3 aromatic rings. The summed E-state index contributed by atoms with van der Waals surface area (Å²) in [6.07, 6.45) is 1.39. The number of benzene rings is 2. The Kier molecular flexibility index (Phi) is 5.40. The molecule has 4 rings (SSSR count). The molecule has 1 fully saturated rings. The molecule has 1 aromatic heterocycles. The predicted octanol–water partition coefficient (Wildman–Crippen LogP) is 5.12. The first-order valence-electron chi connectivity index (χ1n) is 9.81. The molecule has 158 valence electrons. The smallest absolute Gasteiger partial charge is 0.405 e. The van der Waals surface area contributed by atoms with Gasteiger partial charge in [-0.15, -0.1) is 0 Å². The standard InChI is InChI=1S/C22H21N5O4/c28-21(29)26-22(13-4-14-22)15-7-9-17(10-8-15)24-20-18(27(30)31)11-12-19(25-20)23-16-5-2-1-3-6-16/h1-3,5-12,26H,4,13-14H2,(H,28,29)(H2,23,24,25). The van der Waals surface area contributed by atoms with Crippen LogP contribution >= 0.6 is 0 Å². The van der Waals surface area contributed by atoms with Crippen LogP contribution in [0.1, 0.15) is 24.8 Å². The van der Waals surface area contributed by atoms with Crippen molar-refractivity contribution in [2.75, 3.05) is 10.6 Å². The molecule has 2 aromatic carbocycles. The van der Waals surface area contributed by atoms with Gasteiger partial charge >= 0.3 is 11.8 Å². The number of anilines is 4. The fraction of sp³-hybridized carbons (Fsp3) is 0.182. The lowest BCUT2D eigenvalue weighted by molar-refractivity contribution is -0.384. The molecular weight excluding hydrogens is 398 g/mol. The summed E-state index contributed by atoms with van der Waals surface area (Å²) in [6.45, 7) is 0. The van der Waals surface area contributed by atoms with E-state index in [2.05, 4.69) is 20.9 Å². The normalized spacial score (nSPS) is 14.2. The average Bonchev–Trinajstić information content (AvgIpc) is 2.72. The SMILES string of the molecule is O=C(O)NC1(c2ccc(Nc3nc(Nc4ccccc4)ccc3[N+](=O)[O-])cc2)CCC1. The summed E-state index contributed by atoms with van der Waals surface area (Å²) in [4.78, 5) is 26.5. The Morgan fingerprint density at radius 1 is 0.968 bits per heavy atom. The highest BCUT2D eigenvalue weighted by Crippen LogP contribution is 2.41. The lowest BCUT2D eigenvalue weighted by Crippen LogP contribution is -2.50. The van der Waals surface area contributed by atoms with Gasteiger partial charge < -0.3 is 21.1 Å². The number of pyridine rings is 1. The molecule has 0 aliphatic heterocycles. The summed E-state index contributed by atoms with van der Waals surface area (Å²) >= 11 is 0. The first-order valence-corrected chi connectivity index (χ1v) is 9.81. The molecule has 0 bridgehead atoms. The highest BCUT2D eigenvalue weighted by molar-refractivity contribution is 5.70. The number of rotatable bonds is 7. The number of aromatic nitrogens is 1. The van der Waals surface area contributed by atoms with Crippen LogP contribution in [0.4, 0.5) is 33.5 Å². The number of nitrogens with one attached hydrogen (secondary N) is 3. The predicted molar refractivity (Wildman–Crippen MR) is 117 cm³/mol. The van der Waals surface area contributed by atoms with Crippen LogP contribution in [-0.4, -0.2) is 21.1 Å². The van der Waals surface area contributed by atoms with Crippen molar-refractivity contribution in [3.05, 3.63) is 82.4 Å². The van der Waals surface area contributed by atoms with Crippen molar-refractivity contribution in [1.29, 1.82) is 0 Å². The molecule has 9 heteroatoms. The zero-order chi connectivity index (χ0) is 21.8. The van der Waals surface area contributed by atoms with Crippen molar-refractivity contribution < 1.29 is 14.8 Å². The largest absolute Gasteiger partial charge is 0.465 e. The minimum Gasteiger partial charge on any atom is -0.465 e. The van der Waals surface area contributed by atoms with Crippen molar-refractivity contribution in [2.24, 2.45) is 0 Å². The minimum atomic E-state index is -1.05. The van der Waals surface area contributed by atoms with E-state index in [0.717, 1.165) is 30.5 Å². The second-order valence-corrected chi connectivity index (χ2v) is 7.38. The first-order chi connectivity index (χ1) is 14.9. The van der Waals surface area contributed by atoms with E-state index in [9.17, 15) is 14.9 Å². The van der Waals surface area contributed by atoms with E-state index in [1.165, 1.54) is 6.07 Å². The Hall–Kier alpha value is -4.14. The Bertz CT molecular complexity index is 1100. The van der Waals surface area contributed by atoms with Crippen LogP contribution < -0.4 is 16.0 Å². The van der Waals surface area contributed by atoms with Crippen LogP contribution in [0.3, 0.4) is 0 Å². The van der Waals surface area contributed by atoms with Crippen LogP contribution in [0.15, 0.2) is 66.7 Å². The van der Waals surface area contributed by atoms with Gasteiger partial charge in [-0.3, -0.25) is 10.1 Å². The van der Waals surface area contributed by atoms with Gasteiger partial charge in [0.15, 0.2) is 0 Å². The fourth-order valence-electron chi connectivity index (χ4n) is 3.66. The number of para-hydroxylation sites is 1. The Labute approximate surface area is 178 Å². The number of carboxylic acid groups (broad SMARTS) is 1. The maximum Gasteiger partial charge on any atom is 0.405 e. The Morgan fingerprint density at radius 2 is 1.65 bits per heavy atom. The van der Waals surface area contributed by atoms with Gasteiger partial charge in [0.25, 0.3) is 0 Å². The van der Waals surface area contributed by atoms with Gasteiger partial charge in [-0.1, -0.05) is 30.3 Å². The maximum atomic E-state index is 11.5. The van der Waals surface area contributed by atoms with Crippen molar-refractivity contribution in [2.45, 2.75) is 24.8 Å². The third-order valence-corrected chi connectivity index (χ3v) is 5.37. The van der Waals surface area contributed by atoms with Gasteiger partial charge in [0.05, 0.1) is 10.5 Å². The summed E-state index contributed by atoms with van der Waals surface area (Å²) in [5.74, 6) is 0.579. The number of nitro groups is 1. The molecule has 4 N–H and O–H groups in total. The average molecular weight is 419 g/mol. The van der Waals surface area contributed by atoms with Gasteiger partial charge in [0.2, 0.25) is 5.82 Å². The molecule has 9 nitrogen and oxygen atoms in total. The molecule has 0 spiro atoms. The molecule has 0 radical (unpaired) electrons. The summed E-state index contributed by atoms with van der Waals surface area (Å²) < 4.78 is 0. The molecule has 0 unspecified atom stereocenters. The molecule has 1 aliphatic rings. The zero-order valence-electron chi connectivity index (χ0n) is 16.5. The molecule has 1 amide bonds. The Balaban J connectivity index is 1.57. The quantitative estimate of drug-likeness (QED) is 0.309. The lowest BCUT2D eigenvalue weighted by atomic mass is 9.72. The van der Waals surface area contributed by atoms with E-state index in [0.29, 0.717) is 11.5 Å². The monoisotopic (exact) mass is 419 g/mol. The van der Waals surface area contributed by atoms with E-state index in [4.69, 9.17) is 5.11 Å². The molecule has 31 heavy (non-hydrogen) atoms. The van der Waals surface area contributed by atoms with Crippen LogP contribution in [0.2, 0.25) is 0 Å². The number of carbonyl (C=O) groups is 1. The third kappa shape index (κ3) is 4.40. The van der Waals surface area contributed by atoms with Crippen molar-refractivity contribution in [3.63, 3.8) is 0 Å². The minimum absolute atomic E-state index is 0.112.